The Balaban J connectivity index is 1.49. The van der Waals surface area contributed by atoms with E-state index in [2.05, 4.69) is 10.6 Å². The normalized spacial score (nSPS) is 30.4. The maximum Gasteiger partial charge on any atom is 0.220 e. The van der Waals surface area contributed by atoms with E-state index in [0.29, 0.717) is 18.6 Å². The fourth-order valence-corrected chi connectivity index (χ4v) is 2.40. The second-order valence-electron chi connectivity index (χ2n) is 4.78. The molecule has 1 amide bonds. The third-order valence-electron chi connectivity index (χ3n) is 3.39. The van der Waals surface area contributed by atoms with Crippen LogP contribution in [0.3, 0.4) is 0 Å². The first kappa shape index (κ1) is 11.9. The van der Waals surface area contributed by atoms with Crippen LogP contribution in [0.15, 0.2) is 0 Å². The average Bonchev–Trinajstić information content (AvgIpc) is 2.72. The number of ether oxygens (including phenoxy) is 1. The molecule has 2 heterocycles. The summed E-state index contributed by atoms with van der Waals surface area (Å²) in [7, 11) is 0. The van der Waals surface area contributed by atoms with Crippen molar-refractivity contribution in [2.75, 3.05) is 19.7 Å². The Kier molecular flexibility index (Phi) is 4.60. The minimum Gasteiger partial charge on any atom is -0.378 e. The summed E-state index contributed by atoms with van der Waals surface area (Å²) in [5.41, 5.74) is 0. The van der Waals surface area contributed by atoms with Gasteiger partial charge in [-0.1, -0.05) is 0 Å². The maximum atomic E-state index is 11.0. The van der Waals surface area contributed by atoms with Crippen molar-refractivity contribution in [2.24, 2.45) is 0 Å². The molecule has 2 aliphatic heterocycles. The van der Waals surface area contributed by atoms with Crippen molar-refractivity contribution < 1.29 is 9.53 Å². The molecule has 2 unspecified atom stereocenters. The molecule has 0 aromatic carbocycles. The van der Waals surface area contributed by atoms with Crippen LogP contribution in [-0.4, -0.2) is 37.7 Å². The molecule has 2 rings (SSSR count). The van der Waals surface area contributed by atoms with Crippen LogP contribution in [-0.2, 0) is 9.53 Å². The van der Waals surface area contributed by atoms with Crippen molar-refractivity contribution in [3.8, 4) is 0 Å². The summed E-state index contributed by atoms with van der Waals surface area (Å²) in [5.74, 6) is 0.197. The highest BCUT2D eigenvalue weighted by Gasteiger charge is 2.20. The van der Waals surface area contributed by atoms with Gasteiger partial charge in [-0.2, -0.15) is 0 Å². The molecule has 0 spiro atoms. The fraction of sp³-hybridized carbons (Fsp3) is 0.917. The number of hydrogen-bond donors (Lipinski definition) is 2. The minimum absolute atomic E-state index is 0.197. The van der Waals surface area contributed by atoms with Crippen molar-refractivity contribution in [1.29, 1.82) is 0 Å². The predicted molar refractivity (Wildman–Crippen MR) is 62.2 cm³/mol. The van der Waals surface area contributed by atoms with E-state index in [-0.39, 0.29) is 5.91 Å². The van der Waals surface area contributed by atoms with Gasteiger partial charge < -0.3 is 15.4 Å². The molecule has 2 aliphatic rings. The third kappa shape index (κ3) is 3.76. The summed E-state index contributed by atoms with van der Waals surface area (Å²) in [5, 5.41) is 6.36. The maximum absolute atomic E-state index is 11.0. The Hall–Kier alpha value is -0.610. The van der Waals surface area contributed by atoms with E-state index in [1.807, 2.05) is 0 Å². The highest BCUT2D eigenvalue weighted by Crippen LogP contribution is 2.14. The number of amides is 1. The lowest BCUT2D eigenvalue weighted by Crippen LogP contribution is -2.37. The standard InChI is InChI=1S/C12H22N2O2/c15-12-5-4-10(14-12)9-13-7-6-11-3-1-2-8-16-11/h10-11,13H,1-9H2,(H,14,15). The van der Waals surface area contributed by atoms with E-state index in [9.17, 15) is 4.79 Å². The summed E-state index contributed by atoms with van der Waals surface area (Å²) < 4.78 is 5.66. The van der Waals surface area contributed by atoms with Gasteiger partial charge in [-0.3, -0.25) is 4.79 Å². The molecule has 16 heavy (non-hydrogen) atoms. The van der Waals surface area contributed by atoms with Crippen LogP contribution in [0.4, 0.5) is 0 Å². The molecule has 0 saturated carbocycles. The van der Waals surface area contributed by atoms with Gasteiger partial charge in [0, 0.05) is 25.6 Å². The Morgan fingerprint density at radius 3 is 3.00 bits per heavy atom. The molecule has 2 atom stereocenters. The summed E-state index contributed by atoms with van der Waals surface area (Å²) >= 11 is 0. The van der Waals surface area contributed by atoms with E-state index < -0.39 is 0 Å². The molecule has 2 saturated heterocycles. The van der Waals surface area contributed by atoms with Gasteiger partial charge in [0.05, 0.1) is 6.10 Å². The molecule has 2 fully saturated rings. The molecule has 0 aromatic heterocycles. The molecule has 0 aliphatic carbocycles. The molecule has 4 nitrogen and oxygen atoms in total. The van der Waals surface area contributed by atoms with Crippen LogP contribution in [0.25, 0.3) is 0 Å². The first-order valence-corrected chi connectivity index (χ1v) is 6.46. The fourth-order valence-electron chi connectivity index (χ4n) is 2.40. The zero-order chi connectivity index (χ0) is 11.2. The summed E-state index contributed by atoms with van der Waals surface area (Å²) in [6, 6.07) is 0.347. The number of carbonyl (C=O) groups is 1. The number of rotatable bonds is 5. The molecule has 0 bridgehead atoms. The topological polar surface area (TPSA) is 50.4 Å². The van der Waals surface area contributed by atoms with Gasteiger partial charge >= 0.3 is 0 Å². The first-order chi connectivity index (χ1) is 7.84. The van der Waals surface area contributed by atoms with Gasteiger partial charge in [0.15, 0.2) is 0 Å². The number of hydrogen-bond acceptors (Lipinski definition) is 3. The van der Waals surface area contributed by atoms with Crippen LogP contribution < -0.4 is 10.6 Å². The van der Waals surface area contributed by atoms with E-state index in [4.69, 9.17) is 4.74 Å². The zero-order valence-electron chi connectivity index (χ0n) is 9.84. The van der Waals surface area contributed by atoms with Gasteiger partial charge in [0.25, 0.3) is 0 Å². The van der Waals surface area contributed by atoms with E-state index >= 15 is 0 Å². The molecule has 2 N–H and O–H groups in total. The SMILES string of the molecule is O=C1CCC(CNCCC2CCCCO2)N1. The van der Waals surface area contributed by atoms with Crippen LogP contribution in [0.1, 0.15) is 38.5 Å². The molecule has 92 valence electrons. The van der Waals surface area contributed by atoms with Crippen molar-refractivity contribution in [3.63, 3.8) is 0 Å². The molecule has 0 aromatic rings. The largest absolute Gasteiger partial charge is 0.378 e. The predicted octanol–water partition coefficient (Wildman–Crippen LogP) is 0.814. The molecule has 4 heteroatoms. The van der Waals surface area contributed by atoms with Gasteiger partial charge in [0.2, 0.25) is 5.91 Å². The summed E-state index contributed by atoms with van der Waals surface area (Å²) in [6.45, 7) is 2.83. The summed E-state index contributed by atoms with van der Waals surface area (Å²) in [6.07, 6.45) is 6.97. The van der Waals surface area contributed by atoms with Crippen molar-refractivity contribution in [3.05, 3.63) is 0 Å². The van der Waals surface area contributed by atoms with Gasteiger partial charge in [-0.15, -0.1) is 0 Å². The lowest BCUT2D eigenvalue weighted by molar-refractivity contribution is -0.119. The molecular weight excluding hydrogens is 204 g/mol. The third-order valence-corrected chi connectivity index (χ3v) is 3.39. The van der Waals surface area contributed by atoms with Gasteiger partial charge in [0.1, 0.15) is 0 Å². The van der Waals surface area contributed by atoms with Gasteiger partial charge in [-0.25, -0.2) is 0 Å². The second kappa shape index (κ2) is 6.21. The first-order valence-electron chi connectivity index (χ1n) is 6.46. The monoisotopic (exact) mass is 226 g/mol. The Morgan fingerprint density at radius 2 is 2.31 bits per heavy atom. The lowest BCUT2D eigenvalue weighted by atomic mass is 10.1. The Morgan fingerprint density at radius 1 is 1.38 bits per heavy atom. The van der Waals surface area contributed by atoms with E-state index in [0.717, 1.165) is 32.5 Å². The Labute approximate surface area is 97.1 Å². The Bertz CT molecular complexity index is 227. The van der Waals surface area contributed by atoms with E-state index in [1.54, 1.807) is 0 Å². The van der Waals surface area contributed by atoms with E-state index in [1.165, 1.54) is 19.3 Å². The lowest BCUT2D eigenvalue weighted by Gasteiger charge is -2.22. The van der Waals surface area contributed by atoms with Crippen molar-refractivity contribution in [2.45, 2.75) is 50.7 Å². The zero-order valence-corrected chi connectivity index (χ0v) is 9.84. The van der Waals surface area contributed by atoms with Crippen LogP contribution in [0.2, 0.25) is 0 Å². The van der Waals surface area contributed by atoms with Crippen LogP contribution in [0, 0.1) is 0 Å². The highest BCUT2D eigenvalue weighted by atomic mass is 16.5. The summed E-state index contributed by atoms with van der Waals surface area (Å²) in [4.78, 5) is 11.0. The van der Waals surface area contributed by atoms with Crippen molar-refractivity contribution >= 4 is 5.91 Å². The smallest absolute Gasteiger partial charge is 0.220 e. The van der Waals surface area contributed by atoms with Crippen LogP contribution >= 0.6 is 0 Å². The number of carbonyl (C=O) groups excluding carboxylic acids is 1. The minimum atomic E-state index is 0.197. The quantitative estimate of drug-likeness (QED) is 0.682. The van der Waals surface area contributed by atoms with Gasteiger partial charge in [-0.05, 0) is 38.6 Å². The molecule has 0 radical (unpaired) electrons. The van der Waals surface area contributed by atoms with Crippen molar-refractivity contribution in [1.82, 2.24) is 10.6 Å². The highest BCUT2D eigenvalue weighted by molar-refractivity contribution is 5.78. The average molecular weight is 226 g/mol. The second-order valence-corrected chi connectivity index (χ2v) is 4.78. The molecular formula is C12H22N2O2. The van der Waals surface area contributed by atoms with Crippen LogP contribution in [0.5, 0.6) is 0 Å². The number of nitrogens with one attached hydrogen (secondary N) is 2.